The Kier molecular flexibility index (Phi) is 42.6. The number of piperazine rings is 4. The van der Waals surface area contributed by atoms with E-state index in [1.807, 2.05) is 38.1 Å². The van der Waals surface area contributed by atoms with E-state index in [1.54, 1.807) is 59.5 Å². The molecule has 0 bridgehead atoms. The zero-order chi connectivity index (χ0) is 105. The number of nitro benzene ring substituents is 2. The van der Waals surface area contributed by atoms with Crippen LogP contribution in [0.25, 0.3) is 17.1 Å². The molecule has 0 saturated carbocycles. The van der Waals surface area contributed by atoms with Crippen molar-refractivity contribution in [1.82, 2.24) is 84.0 Å². The SMILES string of the molecule is Brc1ncn[nH]1.C1CCN(C2COC2)CC1.Cc1cc(Br)cc([N+](=O)[O-])c1.Cc1cc(N)cc(N2CCN(C3COC3)CC2)c1.Cc1cc(N)cc(N2CCN(C3COC3)CC2)c1.Cc1cc(N2CCN(C3COC3)CC2)cc([N+](=O)[O-])c1.Cc1cc(Nc2ncn(-c3cccc(F)c3)n2)cc(N2CCN(C3COC3)CC2)c1.Fc1cccc(-n2cnc(Br)n2)c1.Fc1cccc(-n2cnc(Br)n2)c1.OB(O)c1cccc(F)c1. The summed E-state index contributed by atoms with van der Waals surface area (Å²) in [4.78, 5) is 58.4. The van der Waals surface area contributed by atoms with Crippen LogP contribution in [0.4, 0.5) is 74.7 Å². The summed E-state index contributed by atoms with van der Waals surface area (Å²) in [5, 5.41) is 60.1. The maximum absolute atomic E-state index is 13.5. The van der Waals surface area contributed by atoms with E-state index in [-0.39, 0.29) is 39.2 Å². The summed E-state index contributed by atoms with van der Waals surface area (Å²) >= 11 is 12.5. The lowest BCUT2D eigenvalue weighted by molar-refractivity contribution is -0.385. The third-order valence-electron chi connectivity index (χ3n) is 25.9. The molecular formula is C103H125BBr4F4N26O11. The van der Waals surface area contributed by atoms with Gasteiger partial charge in [-0.15, -0.1) is 15.3 Å². The number of likely N-dealkylation sites (tertiary alicyclic amines) is 1. The molecule has 14 heterocycles. The van der Waals surface area contributed by atoms with E-state index in [0.29, 0.717) is 61.4 Å². The Morgan fingerprint density at radius 3 is 1.02 bits per heavy atom. The van der Waals surface area contributed by atoms with Gasteiger partial charge in [0.2, 0.25) is 15.4 Å². The van der Waals surface area contributed by atoms with Gasteiger partial charge in [-0.25, -0.2) is 46.6 Å². The molecule has 8 N–H and O–H groups in total. The van der Waals surface area contributed by atoms with E-state index in [1.165, 1.54) is 161 Å². The maximum Gasteiger partial charge on any atom is 0.488 e. The predicted molar refractivity (Wildman–Crippen MR) is 582 cm³/mol. The Balaban J connectivity index is 0.000000134. The zero-order valence-corrected chi connectivity index (χ0v) is 90.0. The number of non-ortho nitro benzene ring substituents is 2. The molecule has 10 fully saturated rings. The van der Waals surface area contributed by atoms with E-state index in [9.17, 15) is 37.8 Å². The molecule has 46 heteroatoms. The number of nitrogen functional groups attached to an aromatic ring is 2. The number of hydrogen-bond acceptors (Lipinski definition) is 31. The molecule has 0 unspecified atom stereocenters. The van der Waals surface area contributed by atoms with Crippen LogP contribution in [0.5, 0.6) is 0 Å². The smallest absolute Gasteiger partial charge is 0.423 e. The first kappa shape index (κ1) is 113. The molecule has 10 aliphatic rings. The molecule has 10 saturated heterocycles. The number of H-pyrrole nitrogens is 1. The Morgan fingerprint density at radius 2 is 0.711 bits per heavy atom. The van der Waals surface area contributed by atoms with Gasteiger partial charge in [0.15, 0.2) is 4.73 Å². The zero-order valence-electron chi connectivity index (χ0n) is 83.7. The van der Waals surface area contributed by atoms with Gasteiger partial charge in [-0.3, -0.25) is 49.8 Å². The highest BCUT2D eigenvalue weighted by molar-refractivity contribution is 9.11. The number of aryl methyl sites for hydroxylation is 5. The molecule has 10 aliphatic heterocycles. The minimum atomic E-state index is -1.59. The number of aromatic amines is 1. The Morgan fingerprint density at radius 1 is 0.376 bits per heavy atom. The van der Waals surface area contributed by atoms with E-state index in [0.717, 1.165) is 221 Å². The van der Waals surface area contributed by atoms with Crippen LogP contribution in [0.1, 0.15) is 47.1 Å². The van der Waals surface area contributed by atoms with Crippen LogP contribution in [0, 0.1) is 78.1 Å². The second-order valence-corrected chi connectivity index (χ2v) is 40.2. The lowest BCUT2D eigenvalue weighted by Crippen LogP contribution is -2.56. The molecular weight excluding hydrogens is 2180 g/mol. The van der Waals surface area contributed by atoms with Crippen LogP contribution < -0.4 is 41.8 Å². The largest absolute Gasteiger partial charge is 0.488 e. The van der Waals surface area contributed by atoms with Crippen LogP contribution in [0.3, 0.4) is 0 Å². The molecule has 37 nitrogen and oxygen atoms in total. The molecule has 149 heavy (non-hydrogen) atoms. The van der Waals surface area contributed by atoms with Gasteiger partial charge >= 0.3 is 7.12 Å². The summed E-state index contributed by atoms with van der Waals surface area (Å²) in [5.74, 6) is -0.866. The van der Waals surface area contributed by atoms with Crippen molar-refractivity contribution in [2.75, 3.05) is 220 Å². The summed E-state index contributed by atoms with van der Waals surface area (Å²) in [6, 6.07) is 56.3. The minimum Gasteiger partial charge on any atom is -0.423 e. The molecule has 4 aromatic heterocycles. The van der Waals surface area contributed by atoms with Crippen molar-refractivity contribution >= 4 is 133 Å². The average Bonchev–Trinajstić information content (AvgIpc) is 1.83. The molecule has 0 radical (unpaired) electrons. The fourth-order valence-corrected chi connectivity index (χ4v) is 19.0. The van der Waals surface area contributed by atoms with E-state index >= 15 is 0 Å². The highest BCUT2D eigenvalue weighted by Gasteiger charge is 2.35. The second kappa shape index (κ2) is 56.3. The number of ether oxygens (including phenoxy) is 5. The highest BCUT2D eigenvalue weighted by Crippen LogP contribution is 2.32. The fourth-order valence-electron chi connectivity index (χ4n) is 17.7. The van der Waals surface area contributed by atoms with Gasteiger partial charge in [0.25, 0.3) is 11.4 Å². The summed E-state index contributed by atoms with van der Waals surface area (Å²) < 4.78 is 84.5. The lowest BCUT2D eigenvalue weighted by Gasteiger charge is -2.43. The number of benzene rings is 9. The van der Waals surface area contributed by atoms with Crippen LogP contribution in [0.15, 0.2) is 232 Å². The molecule has 0 spiro atoms. The van der Waals surface area contributed by atoms with Gasteiger partial charge in [0.05, 0.1) is 123 Å². The normalized spacial score (nSPS) is 17.2. The highest BCUT2D eigenvalue weighted by atomic mass is 79.9. The summed E-state index contributed by atoms with van der Waals surface area (Å²) in [6.07, 6.45) is 10.3. The number of nitrogens with zero attached hydrogens (tertiary/aromatic N) is 22. The molecule has 0 aliphatic carbocycles. The molecule has 13 aromatic rings. The van der Waals surface area contributed by atoms with E-state index in [4.69, 9.17) is 45.2 Å². The van der Waals surface area contributed by atoms with Crippen molar-refractivity contribution < 1.29 is 61.1 Å². The van der Waals surface area contributed by atoms with Gasteiger partial charge in [0, 0.05) is 173 Å². The second-order valence-electron chi connectivity index (χ2n) is 37.1. The first-order valence-electron chi connectivity index (χ1n) is 49.2. The molecule has 23 rings (SSSR count). The summed E-state index contributed by atoms with van der Waals surface area (Å²) in [5.41, 5.74) is 27.0. The molecule has 9 aromatic carbocycles. The molecule has 0 amide bonds. The Bertz CT molecular complexity index is 6180. The average molecular weight is 2310 g/mol. The maximum atomic E-state index is 13.5. The van der Waals surface area contributed by atoms with Gasteiger partial charge in [0.1, 0.15) is 48.6 Å². The van der Waals surface area contributed by atoms with Crippen LogP contribution in [-0.2, 0) is 23.7 Å². The number of aromatic nitrogens is 12. The standard InChI is InChI=1S/C22H25FN6O.C14H19N3O3.2C14H21N3O.2C8H5BrFN3.C8H15NO.C7H6BrNO2.C6H6BFO2.C2H2BrN3/c1-16-9-18(25-22-24-15-29(26-22)19-4-2-3-17(23)11-19)12-20(10-16)27-5-7-28(8-6-27)21-13-30-14-21;1-11-6-12(8-13(7-11)17(18)19)15-2-4-16(5-3-15)14-9-20-10-14;2*1-11-6-12(15)8-13(7-11)16-2-4-17(5-3-16)14-9-18-10-14;2*9-8-11-5-13(12-8)7-3-1-2-6(10)4-7;1-2-4-9(5-3-1)8-6-10-7-8;1-5-2-6(8)4-7(3-5)9(10)11;8-6-3-1-2-5(4-6)7(9)10;3-2-4-1-5-6-2/h2-4,9-12,15,21H,5-8,13-14H2,1H3,(H,25,26);6-8,14H,2-5,9-10H2,1H3;2*6-8,14H,2-5,9-10,15H2,1H3;2*1-5H;8H,1-7H2;2-4H,1H3;1-4,9-10H;1H,(H,4,5,6). The van der Waals surface area contributed by atoms with Gasteiger partial charge in [-0.2, -0.15) is 10.1 Å². The van der Waals surface area contributed by atoms with Crippen LogP contribution in [-0.4, -0.2) is 325 Å². The van der Waals surface area contributed by atoms with Crippen molar-refractivity contribution in [2.24, 2.45) is 0 Å². The van der Waals surface area contributed by atoms with Gasteiger partial charge < -0.3 is 70.1 Å². The third-order valence-corrected chi connectivity index (χ3v) is 27.5. The third kappa shape index (κ3) is 35.1. The molecule has 0 atom stereocenters. The molecule has 792 valence electrons. The lowest BCUT2D eigenvalue weighted by atomic mass is 9.80. The van der Waals surface area contributed by atoms with Crippen molar-refractivity contribution in [3.63, 3.8) is 0 Å². The first-order valence-corrected chi connectivity index (χ1v) is 52.4. The monoisotopic (exact) mass is 2300 g/mol. The van der Waals surface area contributed by atoms with Crippen molar-refractivity contribution in [3.8, 4) is 17.1 Å². The Hall–Kier alpha value is -11.8. The number of nitrogens with one attached hydrogen (secondary N) is 2. The number of nitrogens with two attached hydrogens (primary N) is 2. The van der Waals surface area contributed by atoms with Crippen molar-refractivity contribution in [1.29, 1.82) is 0 Å². The number of piperidine rings is 1. The first-order chi connectivity index (χ1) is 71.9. The summed E-state index contributed by atoms with van der Waals surface area (Å²) in [7, 11) is -1.59. The van der Waals surface area contributed by atoms with Crippen molar-refractivity contribution in [2.45, 2.75) is 84.1 Å². The van der Waals surface area contributed by atoms with E-state index in [2.05, 4.69) is 222 Å². The van der Waals surface area contributed by atoms with Crippen LogP contribution in [0.2, 0.25) is 0 Å². The topological polar surface area (TPSA) is 400 Å². The van der Waals surface area contributed by atoms with E-state index < -0.39 is 17.9 Å². The Labute approximate surface area is 897 Å². The van der Waals surface area contributed by atoms with Crippen molar-refractivity contribution in [3.05, 3.63) is 303 Å². The summed E-state index contributed by atoms with van der Waals surface area (Å²) in [6.45, 7) is 38.5. The minimum absolute atomic E-state index is 0.122. The van der Waals surface area contributed by atoms with Crippen LogP contribution >= 0.6 is 63.7 Å². The predicted octanol–water partition coefficient (Wildman–Crippen LogP) is 14.5. The fraction of sp³-hybridized carbons (Fsp3) is 0.398. The number of anilines is 8. The number of rotatable bonds is 17. The number of hydrogen-bond donors (Lipinski definition) is 6. The number of halogens is 8. The van der Waals surface area contributed by atoms with Gasteiger partial charge in [-0.1, -0.05) is 52.7 Å². The van der Waals surface area contributed by atoms with Gasteiger partial charge in [-0.05, 0) is 275 Å². The number of nitro groups is 2. The quantitative estimate of drug-likeness (QED) is 0.0162.